The normalized spacial score (nSPS) is 15.1. The molecule has 2 aromatic rings. The minimum Gasteiger partial charge on any atom is -0.490 e. The number of anilines is 2. The molecule has 1 heterocycles. The highest BCUT2D eigenvalue weighted by molar-refractivity contribution is 6.01. The van der Waals surface area contributed by atoms with Crippen molar-refractivity contribution in [1.82, 2.24) is 0 Å². The molecule has 1 N–H and O–H groups in total. The number of nitrogens with one attached hydrogen (secondary N) is 1. The van der Waals surface area contributed by atoms with E-state index in [0.29, 0.717) is 29.4 Å². The lowest BCUT2D eigenvalue weighted by Gasteiger charge is -2.27. The van der Waals surface area contributed by atoms with Crippen LogP contribution in [0.1, 0.15) is 13.8 Å². The number of hydrogen-bond acceptors (Lipinski definition) is 4. The van der Waals surface area contributed by atoms with Gasteiger partial charge in [0.2, 0.25) is 5.91 Å². The van der Waals surface area contributed by atoms with Crippen LogP contribution in [0.25, 0.3) is 0 Å². The topological polar surface area (TPSA) is 67.9 Å². The zero-order valence-corrected chi connectivity index (χ0v) is 16.1. The average molecular weight is 380 g/mol. The highest BCUT2D eigenvalue weighted by Crippen LogP contribution is 2.38. The standard InChI is InChI=1S/C22H24N2O4/c1-4-12-24-18-13-16(10-11-19(18)28-15-22(2,3)21(24)26)23-20(25)14-27-17-8-6-5-7-9-17/h4-11,13H,1,12,14-15H2,2-3H3,(H,23,25). The highest BCUT2D eigenvalue weighted by atomic mass is 16.5. The third kappa shape index (κ3) is 4.34. The van der Waals surface area contributed by atoms with E-state index in [-0.39, 0.29) is 25.0 Å². The predicted octanol–water partition coefficient (Wildman–Crippen LogP) is 3.64. The molecular weight excluding hydrogens is 356 g/mol. The van der Waals surface area contributed by atoms with Crippen molar-refractivity contribution in [2.75, 3.05) is 30.0 Å². The van der Waals surface area contributed by atoms with Crippen LogP contribution in [0.4, 0.5) is 11.4 Å². The van der Waals surface area contributed by atoms with Crippen LogP contribution in [-0.4, -0.2) is 31.6 Å². The molecular formula is C22H24N2O4. The molecule has 0 saturated heterocycles. The van der Waals surface area contributed by atoms with Gasteiger partial charge in [-0.05, 0) is 44.2 Å². The first-order valence-electron chi connectivity index (χ1n) is 9.08. The number of ether oxygens (including phenoxy) is 2. The van der Waals surface area contributed by atoms with E-state index in [1.165, 1.54) is 0 Å². The second kappa shape index (κ2) is 8.17. The molecule has 0 spiro atoms. The summed E-state index contributed by atoms with van der Waals surface area (Å²) >= 11 is 0. The van der Waals surface area contributed by atoms with Gasteiger partial charge in [0.05, 0.1) is 11.1 Å². The SMILES string of the molecule is C=CCN1C(=O)C(C)(C)COc2ccc(NC(=O)COc3ccccc3)cc21. The fraction of sp³-hybridized carbons (Fsp3) is 0.273. The van der Waals surface area contributed by atoms with Gasteiger partial charge in [0.1, 0.15) is 18.1 Å². The number of rotatable bonds is 6. The first-order valence-corrected chi connectivity index (χ1v) is 9.08. The molecule has 2 amide bonds. The van der Waals surface area contributed by atoms with Crippen molar-refractivity contribution in [3.63, 3.8) is 0 Å². The van der Waals surface area contributed by atoms with Gasteiger partial charge in [-0.3, -0.25) is 9.59 Å². The molecule has 3 rings (SSSR count). The zero-order valence-electron chi connectivity index (χ0n) is 16.1. The monoisotopic (exact) mass is 380 g/mol. The van der Waals surface area contributed by atoms with E-state index in [9.17, 15) is 9.59 Å². The smallest absolute Gasteiger partial charge is 0.262 e. The van der Waals surface area contributed by atoms with Crippen molar-refractivity contribution in [3.8, 4) is 11.5 Å². The Labute approximate surface area is 164 Å². The van der Waals surface area contributed by atoms with Crippen LogP contribution in [0.2, 0.25) is 0 Å². The summed E-state index contributed by atoms with van der Waals surface area (Å²) in [6.07, 6.45) is 1.67. The largest absolute Gasteiger partial charge is 0.490 e. The van der Waals surface area contributed by atoms with E-state index in [1.807, 2.05) is 32.0 Å². The average Bonchev–Trinajstić information content (AvgIpc) is 2.78. The molecule has 0 radical (unpaired) electrons. The van der Waals surface area contributed by atoms with Gasteiger partial charge in [-0.25, -0.2) is 0 Å². The Hall–Kier alpha value is -3.28. The van der Waals surface area contributed by atoms with Crippen LogP contribution in [0.3, 0.4) is 0 Å². The second-order valence-electron chi connectivity index (χ2n) is 7.21. The quantitative estimate of drug-likeness (QED) is 0.777. The molecule has 146 valence electrons. The van der Waals surface area contributed by atoms with E-state index < -0.39 is 5.41 Å². The summed E-state index contributed by atoms with van der Waals surface area (Å²) in [4.78, 5) is 26.8. The number of hydrogen-bond donors (Lipinski definition) is 1. The number of nitrogens with zero attached hydrogens (tertiary/aromatic N) is 1. The molecule has 0 saturated carbocycles. The Bertz CT molecular complexity index is 877. The molecule has 6 nitrogen and oxygen atoms in total. The van der Waals surface area contributed by atoms with Crippen molar-refractivity contribution < 1.29 is 19.1 Å². The number of para-hydroxylation sites is 1. The summed E-state index contributed by atoms with van der Waals surface area (Å²) in [6, 6.07) is 14.4. The third-order valence-corrected chi connectivity index (χ3v) is 4.37. The molecule has 1 aliphatic heterocycles. The Morgan fingerprint density at radius 3 is 2.75 bits per heavy atom. The van der Waals surface area contributed by atoms with Crippen LogP contribution in [0, 0.1) is 5.41 Å². The lowest BCUT2D eigenvalue weighted by atomic mass is 9.93. The van der Waals surface area contributed by atoms with Gasteiger partial charge in [0.25, 0.3) is 5.91 Å². The summed E-state index contributed by atoms with van der Waals surface area (Å²) in [7, 11) is 0. The van der Waals surface area contributed by atoms with Gasteiger partial charge in [-0.2, -0.15) is 0 Å². The molecule has 0 aromatic heterocycles. The van der Waals surface area contributed by atoms with Gasteiger partial charge >= 0.3 is 0 Å². The van der Waals surface area contributed by atoms with Gasteiger partial charge < -0.3 is 19.7 Å². The van der Waals surface area contributed by atoms with E-state index in [0.717, 1.165) is 0 Å². The number of fused-ring (bicyclic) bond motifs is 1. The van der Waals surface area contributed by atoms with E-state index in [4.69, 9.17) is 9.47 Å². The molecule has 0 atom stereocenters. The van der Waals surface area contributed by atoms with Crippen molar-refractivity contribution in [2.45, 2.75) is 13.8 Å². The molecule has 0 aliphatic carbocycles. The Morgan fingerprint density at radius 2 is 2.04 bits per heavy atom. The minimum absolute atomic E-state index is 0.0537. The first kappa shape index (κ1) is 19.5. The Kier molecular flexibility index (Phi) is 5.68. The molecule has 2 aromatic carbocycles. The maximum Gasteiger partial charge on any atom is 0.262 e. The van der Waals surface area contributed by atoms with Crippen LogP contribution in [0.15, 0.2) is 61.2 Å². The fourth-order valence-corrected chi connectivity index (χ4v) is 2.90. The molecule has 28 heavy (non-hydrogen) atoms. The molecule has 6 heteroatoms. The summed E-state index contributed by atoms with van der Waals surface area (Å²) in [5.41, 5.74) is 0.512. The van der Waals surface area contributed by atoms with E-state index in [2.05, 4.69) is 11.9 Å². The molecule has 0 fully saturated rings. The van der Waals surface area contributed by atoms with Crippen LogP contribution in [0.5, 0.6) is 11.5 Å². The third-order valence-electron chi connectivity index (χ3n) is 4.37. The maximum absolute atomic E-state index is 12.9. The predicted molar refractivity (Wildman–Crippen MR) is 109 cm³/mol. The van der Waals surface area contributed by atoms with E-state index in [1.54, 1.807) is 41.3 Å². The second-order valence-corrected chi connectivity index (χ2v) is 7.21. The highest BCUT2D eigenvalue weighted by Gasteiger charge is 2.37. The minimum atomic E-state index is -0.658. The number of carbonyl (C=O) groups excluding carboxylic acids is 2. The summed E-state index contributed by atoms with van der Waals surface area (Å²) in [5, 5.41) is 2.80. The maximum atomic E-state index is 12.9. The fourth-order valence-electron chi connectivity index (χ4n) is 2.90. The molecule has 0 unspecified atom stereocenters. The Balaban J connectivity index is 1.76. The van der Waals surface area contributed by atoms with Crippen molar-refractivity contribution in [3.05, 3.63) is 61.2 Å². The van der Waals surface area contributed by atoms with Gasteiger partial charge in [-0.15, -0.1) is 6.58 Å². The zero-order chi connectivity index (χ0) is 20.1. The van der Waals surface area contributed by atoms with Crippen molar-refractivity contribution in [1.29, 1.82) is 0 Å². The molecule has 1 aliphatic rings. The summed E-state index contributed by atoms with van der Waals surface area (Å²) < 4.78 is 11.3. The van der Waals surface area contributed by atoms with Crippen LogP contribution in [-0.2, 0) is 9.59 Å². The van der Waals surface area contributed by atoms with Gasteiger partial charge in [-0.1, -0.05) is 24.3 Å². The van der Waals surface area contributed by atoms with Crippen LogP contribution >= 0.6 is 0 Å². The number of carbonyl (C=O) groups is 2. The van der Waals surface area contributed by atoms with Gasteiger partial charge in [0, 0.05) is 12.2 Å². The van der Waals surface area contributed by atoms with Crippen molar-refractivity contribution in [2.24, 2.45) is 5.41 Å². The van der Waals surface area contributed by atoms with E-state index >= 15 is 0 Å². The lowest BCUT2D eigenvalue weighted by Crippen LogP contribution is -2.42. The Morgan fingerprint density at radius 1 is 1.29 bits per heavy atom. The number of amides is 2. The number of benzene rings is 2. The van der Waals surface area contributed by atoms with Gasteiger partial charge in [0.15, 0.2) is 6.61 Å². The van der Waals surface area contributed by atoms with Crippen molar-refractivity contribution >= 4 is 23.2 Å². The first-order chi connectivity index (χ1) is 13.4. The molecule has 0 bridgehead atoms. The summed E-state index contributed by atoms with van der Waals surface area (Å²) in [5.74, 6) is 0.875. The van der Waals surface area contributed by atoms with Crippen LogP contribution < -0.4 is 19.7 Å². The lowest BCUT2D eigenvalue weighted by molar-refractivity contribution is -0.127. The summed E-state index contributed by atoms with van der Waals surface area (Å²) in [6.45, 7) is 7.96.